The van der Waals surface area contributed by atoms with E-state index in [1.54, 1.807) is 0 Å². The van der Waals surface area contributed by atoms with Crippen LogP contribution in [0.4, 0.5) is 5.82 Å². The molecule has 0 aliphatic carbocycles. The van der Waals surface area contributed by atoms with Crippen molar-refractivity contribution in [2.75, 3.05) is 12.3 Å². The molecule has 0 aromatic carbocycles. The predicted molar refractivity (Wildman–Crippen MR) is 56.6 cm³/mol. The molecule has 0 spiro atoms. The highest BCUT2D eigenvalue weighted by Crippen LogP contribution is 2.31. The molecule has 2 heterocycles. The largest absolute Gasteiger partial charge is 0.476 e. The van der Waals surface area contributed by atoms with Crippen LogP contribution >= 0.6 is 0 Å². The fourth-order valence-electron chi connectivity index (χ4n) is 1.85. The minimum absolute atomic E-state index is 0.197. The summed E-state index contributed by atoms with van der Waals surface area (Å²) in [5.41, 5.74) is 5.20. The van der Waals surface area contributed by atoms with E-state index in [4.69, 9.17) is 20.7 Å². The molecule has 1 fully saturated rings. The van der Waals surface area contributed by atoms with Gasteiger partial charge in [0.1, 0.15) is 24.1 Å². The summed E-state index contributed by atoms with van der Waals surface area (Å²) in [6.45, 7) is -0.477. The second-order valence-corrected chi connectivity index (χ2v) is 3.92. The molecule has 6 N–H and O–H groups in total. The minimum atomic E-state index is -1.33. The SMILES string of the molecule is Nc1c(C(=O)O)ncn1[C@H]1O[C@H](CO)[C@@H](O)[C@H]1O. The van der Waals surface area contributed by atoms with Crippen molar-refractivity contribution in [3.63, 3.8) is 0 Å². The number of anilines is 1. The third kappa shape index (κ3) is 1.82. The summed E-state index contributed by atoms with van der Waals surface area (Å²) in [5, 5.41) is 37.0. The standard InChI is InChI=1S/C9H13N3O6/c10-7-4(9(16)17)11-2-12(7)8-6(15)5(14)3(1-13)18-8/h2-3,5-6,8,13-15H,1,10H2,(H,16,17)/t3-,5-,6-,8+/m1/s1. The van der Waals surface area contributed by atoms with Gasteiger partial charge in [0.15, 0.2) is 11.9 Å². The van der Waals surface area contributed by atoms with Gasteiger partial charge < -0.3 is 30.9 Å². The van der Waals surface area contributed by atoms with Crippen molar-refractivity contribution >= 4 is 11.8 Å². The van der Waals surface area contributed by atoms with Gasteiger partial charge in [-0.05, 0) is 0 Å². The van der Waals surface area contributed by atoms with Gasteiger partial charge in [0.25, 0.3) is 0 Å². The summed E-state index contributed by atoms with van der Waals surface area (Å²) in [6, 6.07) is 0. The van der Waals surface area contributed by atoms with Crippen LogP contribution in [0.1, 0.15) is 16.7 Å². The van der Waals surface area contributed by atoms with Crippen molar-refractivity contribution in [1.29, 1.82) is 0 Å². The number of aliphatic hydroxyl groups is 3. The normalized spacial score (nSPS) is 31.7. The molecule has 0 amide bonds. The Morgan fingerprint density at radius 3 is 2.61 bits per heavy atom. The Morgan fingerprint density at radius 2 is 2.17 bits per heavy atom. The first-order valence-corrected chi connectivity index (χ1v) is 5.15. The van der Waals surface area contributed by atoms with Gasteiger partial charge in [-0.25, -0.2) is 9.78 Å². The Bertz CT molecular complexity index is 461. The average molecular weight is 259 g/mol. The molecule has 0 unspecified atom stereocenters. The maximum Gasteiger partial charge on any atom is 0.358 e. The van der Waals surface area contributed by atoms with Crippen LogP contribution in [0.15, 0.2) is 6.33 Å². The molecule has 0 saturated carbocycles. The molecule has 0 bridgehead atoms. The van der Waals surface area contributed by atoms with Crippen molar-refractivity contribution in [2.24, 2.45) is 0 Å². The zero-order chi connectivity index (χ0) is 13.4. The van der Waals surface area contributed by atoms with E-state index < -0.39 is 37.1 Å². The number of nitrogens with two attached hydrogens (primary N) is 1. The maximum absolute atomic E-state index is 10.8. The van der Waals surface area contributed by atoms with Gasteiger partial charge in [0.2, 0.25) is 0 Å². The Morgan fingerprint density at radius 1 is 1.50 bits per heavy atom. The van der Waals surface area contributed by atoms with Gasteiger partial charge in [-0.1, -0.05) is 0 Å². The third-order valence-electron chi connectivity index (χ3n) is 2.83. The van der Waals surface area contributed by atoms with E-state index in [1.807, 2.05) is 0 Å². The number of carboxylic acid groups (broad SMARTS) is 1. The first kappa shape index (κ1) is 12.8. The van der Waals surface area contributed by atoms with E-state index in [9.17, 15) is 15.0 Å². The second kappa shape index (κ2) is 4.53. The van der Waals surface area contributed by atoms with Gasteiger partial charge >= 0.3 is 5.97 Å². The maximum atomic E-state index is 10.8. The number of rotatable bonds is 3. The lowest BCUT2D eigenvalue weighted by Crippen LogP contribution is -2.33. The Hall–Kier alpha value is -1.68. The number of hydrogen-bond acceptors (Lipinski definition) is 7. The van der Waals surface area contributed by atoms with Gasteiger partial charge in [0, 0.05) is 0 Å². The first-order chi connectivity index (χ1) is 8.47. The molecule has 18 heavy (non-hydrogen) atoms. The molecule has 1 aliphatic heterocycles. The molecule has 1 aliphatic rings. The fourth-order valence-corrected chi connectivity index (χ4v) is 1.85. The molecule has 9 heteroatoms. The van der Waals surface area contributed by atoms with Crippen molar-refractivity contribution in [1.82, 2.24) is 9.55 Å². The van der Waals surface area contributed by atoms with Gasteiger partial charge in [0.05, 0.1) is 12.9 Å². The summed E-state index contributed by atoms with van der Waals surface area (Å²) < 4.78 is 6.30. The summed E-state index contributed by atoms with van der Waals surface area (Å²) >= 11 is 0. The van der Waals surface area contributed by atoms with Gasteiger partial charge in [-0.15, -0.1) is 0 Å². The number of nitrogens with zero attached hydrogens (tertiary/aromatic N) is 2. The molecule has 2 rings (SSSR count). The topological polar surface area (TPSA) is 151 Å². The van der Waals surface area contributed by atoms with E-state index in [1.165, 1.54) is 0 Å². The molecule has 4 atom stereocenters. The lowest BCUT2D eigenvalue weighted by molar-refractivity contribution is -0.0518. The smallest absolute Gasteiger partial charge is 0.358 e. The summed E-state index contributed by atoms with van der Waals surface area (Å²) in [5.74, 6) is -1.50. The van der Waals surface area contributed by atoms with Crippen LogP contribution in [0.25, 0.3) is 0 Å². The molecule has 1 saturated heterocycles. The number of hydrogen-bond donors (Lipinski definition) is 5. The van der Waals surface area contributed by atoms with Crippen LogP contribution in [-0.4, -0.2) is 60.9 Å². The number of aromatic carboxylic acids is 1. The highest BCUT2D eigenvalue weighted by molar-refractivity contribution is 5.90. The van der Waals surface area contributed by atoms with Crippen LogP contribution in [0.3, 0.4) is 0 Å². The number of nitrogen functional groups attached to an aromatic ring is 1. The molecule has 0 radical (unpaired) electrons. The number of aliphatic hydroxyl groups excluding tert-OH is 3. The molecule has 1 aromatic heterocycles. The summed E-state index contributed by atoms with van der Waals surface area (Å²) in [4.78, 5) is 14.3. The quantitative estimate of drug-likeness (QED) is 0.409. The van der Waals surface area contributed by atoms with Crippen LogP contribution < -0.4 is 5.73 Å². The average Bonchev–Trinajstić information content (AvgIpc) is 2.82. The first-order valence-electron chi connectivity index (χ1n) is 5.15. The van der Waals surface area contributed by atoms with Crippen molar-refractivity contribution in [3.05, 3.63) is 12.0 Å². The van der Waals surface area contributed by atoms with Crippen molar-refractivity contribution < 1.29 is 30.0 Å². The number of carbonyl (C=O) groups is 1. The highest BCUT2D eigenvalue weighted by Gasteiger charge is 2.44. The van der Waals surface area contributed by atoms with Crippen molar-refractivity contribution in [3.8, 4) is 0 Å². The molecule has 100 valence electrons. The van der Waals surface area contributed by atoms with Gasteiger partial charge in [-0.3, -0.25) is 4.57 Å². The van der Waals surface area contributed by atoms with E-state index in [-0.39, 0.29) is 11.5 Å². The zero-order valence-electron chi connectivity index (χ0n) is 9.17. The van der Waals surface area contributed by atoms with Crippen LogP contribution in [0.5, 0.6) is 0 Å². The van der Waals surface area contributed by atoms with E-state index in [2.05, 4.69) is 4.98 Å². The number of carboxylic acids is 1. The predicted octanol–water partition coefficient (Wildman–Crippen LogP) is -2.22. The zero-order valence-corrected chi connectivity index (χ0v) is 9.17. The number of aromatic nitrogens is 2. The number of imidazole rings is 1. The molecular formula is C9H13N3O6. The second-order valence-electron chi connectivity index (χ2n) is 3.92. The third-order valence-corrected chi connectivity index (χ3v) is 2.83. The Labute approximate surface area is 101 Å². The Kier molecular flexibility index (Phi) is 3.22. The fraction of sp³-hybridized carbons (Fsp3) is 0.556. The van der Waals surface area contributed by atoms with E-state index in [0.717, 1.165) is 10.9 Å². The lowest BCUT2D eigenvalue weighted by atomic mass is 10.1. The summed E-state index contributed by atoms with van der Waals surface area (Å²) in [7, 11) is 0. The van der Waals surface area contributed by atoms with E-state index >= 15 is 0 Å². The van der Waals surface area contributed by atoms with Crippen LogP contribution in [0, 0.1) is 0 Å². The molecule has 1 aromatic rings. The van der Waals surface area contributed by atoms with Crippen LogP contribution in [-0.2, 0) is 4.74 Å². The lowest BCUT2D eigenvalue weighted by Gasteiger charge is -2.17. The molecule has 9 nitrogen and oxygen atoms in total. The number of ether oxygens (including phenoxy) is 1. The minimum Gasteiger partial charge on any atom is -0.476 e. The van der Waals surface area contributed by atoms with Crippen molar-refractivity contribution in [2.45, 2.75) is 24.5 Å². The Balaban J connectivity index is 2.30. The monoisotopic (exact) mass is 259 g/mol. The highest BCUT2D eigenvalue weighted by atomic mass is 16.6. The van der Waals surface area contributed by atoms with Gasteiger partial charge in [-0.2, -0.15) is 0 Å². The molecular weight excluding hydrogens is 246 g/mol. The summed E-state index contributed by atoms with van der Waals surface area (Å²) in [6.07, 6.45) is -3.56. The van der Waals surface area contributed by atoms with E-state index in [0.29, 0.717) is 0 Å². The van der Waals surface area contributed by atoms with Crippen LogP contribution in [0.2, 0.25) is 0 Å².